The molecular formula is C17H14ClNO4S. The Hall–Kier alpha value is -2.31. The summed E-state index contributed by atoms with van der Waals surface area (Å²) in [5, 5.41) is 0.618. The van der Waals surface area contributed by atoms with Crippen molar-refractivity contribution in [2.45, 2.75) is 11.5 Å². The van der Waals surface area contributed by atoms with Crippen molar-refractivity contribution >= 4 is 21.4 Å². The first kappa shape index (κ1) is 16.5. The van der Waals surface area contributed by atoms with Crippen LogP contribution in [0.2, 0.25) is 5.02 Å². The number of rotatable bonds is 5. The van der Waals surface area contributed by atoms with E-state index in [9.17, 15) is 8.42 Å². The Labute approximate surface area is 144 Å². The van der Waals surface area contributed by atoms with Gasteiger partial charge in [-0.15, -0.1) is 0 Å². The minimum atomic E-state index is -3.21. The van der Waals surface area contributed by atoms with Gasteiger partial charge in [0.15, 0.2) is 22.2 Å². The third-order valence-corrected chi connectivity index (χ3v) is 4.64. The summed E-state index contributed by atoms with van der Waals surface area (Å²) < 4.78 is 34.0. The molecule has 0 aliphatic carbocycles. The van der Waals surface area contributed by atoms with E-state index in [0.717, 1.165) is 11.8 Å². The number of hydrogen-bond acceptors (Lipinski definition) is 5. The number of nitrogens with zero attached hydrogens (tertiary/aromatic N) is 1. The molecule has 124 valence electrons. The summed E-state index contributed by atoms with van der Waals surface area (Å²) >= 11 is 5.96. The fraction of sp³-hybridized carbons (Fsp3) is 0.118. The van der Waals surface area contributed by atoms with E-state index < -0.39 is 9.84 Å². The Kier molecular flexibility index (Phi) is 4.59. The number of aromatic nitrogens is 1. The quantitative estimate of drug-likeness (QED) is 0.685. The first-order valence-corrected chi connectivity index (χ1v) is 9.32. The average molecular weight is 364 g/mol. The van der Waals surface area contributed by atoms with Crippen LogP contribution in [0.5, 0.6) is 5.75 Å². The third kappa shape index (κ3) is 3.96. The van der Waals surface area contributed by atoms with Gasteiger partial charge >= 0.3 is 0 Å². The molecule has 0 saturated heterocycles. The molecule has 0 unspecified atom stereocenters. The molecule has 0 spiro atoms. The molecule has 0 bridgehead atoms. The Morgan fingerprint density at radius 3 is 2.58 bits per heavy atom. The maximum Gasteiger partial charge on any atom is 0.232 e. The number of benzene rings is 2. The van der Waals surface area contributed by atoms with Gasteiger partial charge in [-0.2, -0.15) is 0 Å². The van der Waals surface area contributed by atoms with Gasteiger partial charge in [-0.3, -0.25) is 0 Å². The molecule has 1 aromatic heterocycles. The van der Waals surface area contributed by atoms with Crippen molar-refractivity contribution in [3.05, 3.63) is 65.6 Å². The molecule has 0 radical (unpaired) electrons. The van der Waals surface area contributed by atoms with E-state index in [4.69, 9.17) is 20.8 Å². The van der Waals surface area contributed by atoms with Crippen molar-refractivity contribution in [1.82, 2.24) is 4.98 Å². The van der Waals surface area contributed by atoms with E-state index in [1.54, 1.807) is 30.5 Å². The number of hydrogen-bond donors (Lipinski definition) is 0. The van der Waals surface area contributed by atoms with E-state index in [1.165, 1.54) is 12.1 Å². The molecule has 2 aromatic carbocycles. The van der Waals surface area contributed by atoms with Crippen LogP contribution in [-0.2, 0) is 16.4 Å². The van der Waals surface area contributed by atoms with E-state index in [0.29, 0.717) is 22.4 Å². The van der Waals surface area contributed by atoms with Gasteiger partial charge in [0.05, 0.1) is 11.1 Å². The van der Waals surface area contributed by atoms with Gasteiger partial charge in [0.2, 0.25) is 5.89 Å². The van der Waals surface area contributed by atoms with Gasteiger partial charge in [-0.05, 0) is 36.4 Å². The fourth-order valence-electron chi connectivity index (χ4n) is 2.08. The molecule has 7 heteroatoms. The highest BCUT2D eigenvalue weighted by molar-refractivity contribution is 7.90. The maximum absolute atomic E-state index is 11.4. The predicted octanol–water partition coefficient (Wildman–Crippen LogP) is 3.98. The zero-order valence-electron chi connectivity index (χ0n) is 12.8. The molecule has 3 rings (SSSR count). The average Bonchev–Trinajstić information content (AvgIpc) is 3.01. The Morgan fingerprint density at radius 2 is 1.92 bits per heavy atom. The summed E-state index contributed by atoms with van der Waals surface area (Å²) in [6, 6.07) is 13.5. The van der Waals surface area contributed by atoms with E-state index >= 15 is 0 Å². The highest BCUT2D eigenvalue weighted by atomic mass is 35.5. The highest BCUT2D eigenvalue weighted by Crippen LogP contribution is 2.24. The molecule has 1 heterocycles. The van der Waals surface area contributed by atoms with E-state index in [1.807, 2.05) is 12.1 Å². The summed E-state index contributed by atoms with van der Waals surface area (Å²) in [4.78, 5) is 4.41. The molecule has 0 aliphatic rings. The lowest BCUT2D eigenvalue weighted by atomic mass is 10.2. The van der Waals surface area contributed by atoms with Crippen molar-refractivity contribution in [1.29, 1.82) is 0 Å². The Bertz CT molecular complexity index is 949. The summed E-state index contributed by atoms with van der Waals surface area (Å²) in [6.07, 6.45) is 2.77. The molecule has 0 N–H and O–H groups in total. The second kappa shape index (κ2) is 6.67. The van der Waals surface area contributed by atoms with Crippen LogP contribution in [0.3, 0.4) is 0 Å². The van der Waals surface area contributed by atoms with Crippen molar-refractivity contribution < 1.29 is 17.6 Å². The second-order valence-corrected chi connectivity index (χ2v) is 7.61. The lowest BCUT2D eigenvalue weighted by molar-refractivity contribution is 0.264. The van der Waals surface area contributed by atoms with Crippen LogP contribution in [0.4, 0.5) is 0 Å². The molecule has 5 nitrogen and oxygen atoms in total. The smallest absolute Gasteiger partial charge is 0.232 e. The molecule has 24 heavy (non-hydrogen) atoms. The highest BCUT2D eigenvalue weighted by Gasteiger charge is 2.09. The molecular weight excluding hydrogens is 350 g/mol. The SMILES string of the molecule is CS(=O)(=O)c1ccc(OCc2ncc(-c3cccc(Cl)c3)o2)cc1. The molecule has 0 amide bonds. The lowest BCUT2D eigenvalue weighted by Crippen LogP contribution is -1.98. The van der Waals surface area contributed by atoms with Crippen molar-refractivity contribution in [3.8, 4) is 17.1 Å². The summed E-state index contributed by atoms with van der Waals surface area (Å²) in [7, 11) is -3.21. The van der Waals surface area contributed by atoms with Gasteiger partial charge in [0.1, 0.15) is 5.75 Å². The molecule has 0 atom stereocenters. The van der Waals surface area contributed by atoms with Crippen LogP contribution >= 0.6 is 11.6 Å². The summed E-state index contributed by atoms with van der Waals surface area (Å²) in [5.74, 6) is 1.55. The van der Waals surface area contributed by atoms with E-state index in [2.05, 4.69) is 4.98 Å². The summed E-state index contributed by atoms with van der Waals surface area (Å²) in [5.41, 5.74) is 0.832. The number of halogens is 1. The number of oxazole rings is 1. The van der Waals surface area contributed by atoms with Crippen molar-refractivity contribution in [2.24, 2.45) is 0 Å². The standard InChI is InChI=1S/C17H14ClNO4S/c1-24(20,21)15-7-5-14(6-8-15)22-11-17-19-10-16(23-17)12-3-2-4-13(18)9-12/h2-10H,11H2,1H3. The first-order chi connectivity index (χ1) is 11.4. The van der Waals surface area contributed by atoms with Gasteiger partial charge in [-0.1, -0.05) is 23.7 Å². The number of ether oxygens (including phenoxy) is 1. The minimum Gasteiger partial charge on any atom is -0.484 e. The molecule has 0 saturated carbocycles. The van der Waals surface area contributed by atoms with Gasteiger partial charge < -0.3 is 9.15 Å². The maximum atomic E-state index is 11.4. The van der Waals surface area contributed by atoms with Gasteiger partial charge in [0.25, 0.3) is 0 Å². The zero-order valence-corrected chi connectivity index (χ0v) is 14.3. The van der Waals surface area contributed by atoms with Crippen LogP contribution in [0, 0.1) is 0 Å². The van der Waals surface area contributed by atoms with Crippen molar-refractivity contribution in [3.63, 3.8) is 0 Å². The Balaban J connectivity index is 1.67. The third-order valence-electron chi connectivity index (χ3n) is 3.28. The first-order valence-electron chi connectivity index (χ1n) is 7.05. The number of sulfone groups is 1. The lowest BCUT2D eigenvalue weighted by Gasteiger charge is -2.04. The van der Waals surface area contributed by atoms with Gasteiger partial charge in [0, 0.05) is 16.8 Å². The van der Waals surface area contributed by atoms with Crippen LogP contribution in [0.15, 0.2) is 64.0 Å². The van der Waals surface area contributed by atoms with Crippen LogP contribution < -0.4 is 4.74 Å². The van der Waals surface area contributed by atoms with Crippen molar-refractivity contribution in [2.75, 3.05) is 6.26 Å². The molecule has 0 fully saturated rings. The van der Waals surface area contributed by atoms with Crippen LogP contribution in [0.25, 0.3) is 11.3 Å². The van der Waals surface area contributed by atoms with Crippen LogP contribution in [-0.4, -0.2) is 19.7 Å². The fourth-order valence-corrected chi connectivity index (χ4v) is 2.90. The van der Waals surface area contributed by atoms with E-state index in [-0.39, 0.29) is 11.5 Å². The largest absolute Gasteiger partial charge is 0.484 e. The molecule has 0 aliphatic heterocycles. The summed E-state index contributed by atoms with van der Waals surface area (Å²) in [6.45, 7) is 0.138. The zero-order chi connectivity index (χ0) is 17.2. The second-order valence-electron chi connectivity index (χ2n) is 5.16. The monoisotopic (exact) mass is 363 g/mol. The minimum absolute atomic E-state index is 0.138. The Morgan fingerprint density at radius 1 is 1.17 bits per heavy atom. The normalized spacial score (nSPS) is 11.4. The van der Waals surface area contributed by atoms with Gasteiger partial charge in [-0.25, -0.2) is 13.4 Å². The van der Waals surface area contributed by atoms with Crippen LogP contribution in [0.1, 0.15) is 5.89 Å². The topological polar surface area (TPSA) is 69.4 Å². The predicted molar refractivity (Wildman–Crippen MR) is 90.8 cm³/mol. The molecule has 3 aromatic rings.